The fourth-order valence-corrected chi connectivity index (χ4v) is 13.9. The molecule has 30 nitrogen and oxygen atoms in total. The number of halogens is 2. The van der Waals surface area contributed by atoms with Crippen molar-refractivity contribution in [1.82, 2.24) is 62.1 Å². The summed E-state index contributed by atoms with van der Waals surface area (Å²) in [6.07, 6.45) is 1.24. The van der Waals surface area contributed by atoms with Crippen LogP contribution < -0.4 is 37.4 Å². The molecule has 10 atom stereocenters. The zero-order valence-electron chi connectivity index (χ0n) is 58.6. The molecule has 2 unspecified atom stereocenters. The number of ether oxygens (including phenoxy) is 3. The number of aromatic nitrogens is 2. The Labute approximate surface area is 602 Å². The number of amides is 9. The molecule has 5 rings (SSSR count). The van der Waals surface area contributed by atoms with Crippen molar-refractivity contribution in [2.45, 2.75) is 193 Å². The number of phenolic OH excluding ortho intramolecular Hbond substituents is 1. The number of carbonyl (C=O) groups is 12. The van der Waals surface area contributed by atoms with Crippen LogP contribution in [-0.4, -0.2) is 199 Å². The first kappa shape index (κ1) is 83.9. The Hall–Kier alpha value is -8.75. The van der Waals surface area contributed by atoms with E-state index in [-0.39, 0.29) is 102 Å². The zero-order chi connectivity index (χ0) is 75.4. The largest absolute Gasteiger partial charge is 0.508 e. The van der Waals surface area contributed by atoms with Crippen molar-refractivity contribution in [2.24, 2.45) is 17.8 Å². The van der Waals surface area contributed by atoms with Crippen LogP contribution in [0.4, 0.5) is 13.6 Å². The molecule has 2 saturated heterocycles. The molecule has 0 aliphatic carbocycles. The van der Waals surface area contributed by atoms with E-state index in [1.54, 1.807) is 25.1 Å². The van der Waals surface area contributed by atoms with Crippen LogP contribution in [0.1, 0.15) is 169 Å². The first-order chi connectivity index (χ1) is 48.3. The number of likely N-dealkylation sites (N-methyl/N-ethyl adjacent to an activating group) is 1. The molecule has 2 fully saturated rings. The number of alkyl halides is 2. The number of nitrogens with one attached hydrogen (secondary N) is 7. The summed E-state index contributed by atoms with van der Waals surface area (Å²) in [4.78, 5) is 171. The quantitative estimate of drug-likeness (QED) is 0.00859. The first-order valence-electron chi connectivity index (χ1n) is 33.6. The Kier molecular flexibility index (Phi) is 34.0. The average Bonchev–Trinajstić information content (AvgIpc) is 1.56. The Morgan fingerprint density at radius 2 is 1.60 bits per heavy atom. The molecule has 9 amide bonds. The molecular weight excluding hydrogens is 1390 g/mol. The average molecular weight is 1490 g/mol. The van der Waals surface area contributed by atoms with Gasteiger partial charge in [0, 0.05) is 85.7 Å². The number of esters is 2. The van der Waals surface area contributed by atoms with E-state index in [9.17, 15) is 81.8 Å². The standard InChI is InChI=1S/C67H93F2N13O17S3/c1-10-14-56(87)98-37-82(64(93)57(39(5)11-2)77-61(91)51-15-12-13-24-80(51)9)52(38(3)4)30-53(99-42(8)83)62-76-49(34-100-62)60(90)74-45(28-43-16-18-48(84)19-17-43)27-40(6)58(88)78-79-66(96)97-25-26-101-102-35-50(65(94)95)75-55(86)21-20-54(85)72-33-46-29-44(22-23-71-46)59(89)73-41(7)63(92)81-36-67(68,69)31-47(81)32-70/h16-19,22-23,29,34,38-41,45,47,50-53,57,84H,10-15,20-21,24-28,30-31,33,35-37H2,1-9H3,(H,72,85)(H,73,89)(H,74,90)(H,75,86)(H,77,91)(H,78,88)(H,79,96)(H,94,95)/t39-,40-,41+,45+,47-,50?,51+,52+,53+,57?/m0/s1. The molecule has 0 spiro atoms. The monoisotopic (exact) mass is 1490 g/mol. The summed E-state index contributed by atoms with van der Waals surface area (Å²) in [7, 11) is 4.03. The van der Waals surface area contributed by atoms with Crippen molar-refractivity contribution in [3.8, 4) is 11.8 Å². The lowest BCUT2D eigenvalue weighted by Gasteiger charge is -2.39. The molecule has 560 valence electrons. The highest BCUT2D eigenvalue weighted by molar-refractivity contribution is 8.76. The summed E-state index contributed by atoms with van der Waals surface area (Å²) in [5.74, 6) is -12.4. The van der Waals surface area contributed by atoms with Gasteiger partial charge < -0.3 is 60.8 Å². The van der Waals surface area contributed by atoms with E-state index >= 15 is 0 Å². The molecule has 0 saturated carbocycles. The second-order valence-corrected chi connectivity index (χ2v) is 29.0. The highest BCUT2D eigenvalue weighted by atomic mass is 33.1. The molecule has 9 N–H and O–H groups in total. The number of hydrogen-bond acceptors (Lipinski definition) is 23. The van der Waals surface area contributed by atoms with Gasteiger partial charge in [0.15, 0.2) is 12.8 Å². The maximum atomic E-state index is 15.0. The van der Waals surface area contributed by atoms with Crippen LogP contribution in [0, 0.1) is 29.1 Å². The summed E-state index contributed by atoms with van der Waals surface area (Å²) in [6, 6.07) is 3.59. The third kappa shape index (κ3) is 27.2. The Morgan fingerprint density at radius 3 is 2.25 bits per heavy atom. The molecule has 2 aliphatic heterocycles. The lowest BCUT2D eigenvalue weighted by Crippen LogP contribution is -2.59. The van der Waals surface area contributed by atoms with Gasteiger partial charge in [-0.15, -0.1) is 11.3 Å². The number of nitrogens with zero attached hydrogens (tertiary/aromatic N) is 6. The molecule has 4 heterocycles. The van der Waals surface area contributed by atoms with Crippen LogP contribution in [0.5, 0.6) is 5.75 Å². The van der Waals surface area contributed by atoms with Gasteiger partial charge in [-0.1, -0.05) is 88.1 Å². The summed E-state index contributed by atoms with van der Waals surface area (Å²) in [5, 5.41) is 44.0. The lowest BCUT2D eigenvalue weighted by molar-refractivity contribution is -0.160. The Morgan fingerprint density at radius 1 is 0.882 bits per heavy atom. The summed E-state index contributed by atoms with van der Waals surface area (Å²) < 4.78 is 44.6. The number of phenols is 1. The van der Waals surface area contributed by atoms with Gasteiger partial charge >= 0.3 is 24.0 Å². The van der Waals surface area contributed by atoms with Crippen molar-refractivity contribution in [3.63, 3.8) is 0 Å². The van der Waals surface area contributed by atoms with E-state index in [2.05, 4.69) is 47.4 Å². The molecule has 2 aromatic heterocycles. The Bertz CT molecular complexity index is 3440. The zero-order valence-corrected chi connectivity index (χ0v) is 61.0. The fourth-order valence-electron chi connectivity index (χ4n) is 11.1. The molecule has 102 heavy (non-hydrogen) atoms. The number of carboxylic acid groups (broad SMARTS) is 1. The molecule has 35 heteroatoms. The van der Waals surface area contributed by atoms with Crippen LogP contribution in [-0.2, 0) is 70.3 Å². The van der Waals surface area contributed by atoms with Gasteiger partial charge in [0.1, 0.15) is 47.2 Å². The van der Waals surface area contributed by atoms with Crippen molar-refractivity contribution < 1.29 is 90.7 Å². The number of piperidine rings is 1. The molecule has 1 aromatic carbocycles. The Balaban J connectivity index is 1.10. The number of carboxylic acids is 1. The maximum absolute atomic E-state index is 15.0. The molecule has 2 aliphatic rings. The van der Waals surface area contributed by atoms with E-state index in [0.717, 1.165) is 57.2 Å². The maximum Gasteiger partial charge on any atom is 0.426 e. The van der Waals surface area contributed by atoms with E-state index in [1.165, 1.54) is 54.6 Å². The normalized spacial score (nSPS) is 17.3. The summed E-state index contributed by atoms with van der Waals surface area (Å²) in [6.45, 7) is 12.3. The predicted molar refractivity (Wildman–Crippen MR) is 371 cm³/mol. The lowest BCUT2D eigenvalue weighted by atomic mass is 9.92. The highest BCUT2D eigenvalue weighted by Gasteiger charge is 2.48. The number of carbonyl (C=O) groups excluding carboxylic acids is 11. The second-order valence-electron chi connectivity index (χ2n) is 25.5. The van der Waals surface area contributed by atoms with Gasteiger partial charge in [-0.3, -0.25) is 63.3 Å². The minimum Gasteiger partial charge on any atom is -0.508 e. The van der Waals surface area contributed by atoms with E-state index < -0.39 is 152 Å². The van der Waals surface area contributed by atoms with Gasteiger partial charge in [-0.2, -0.15) is 5.26 Å². The number of benzene rings is 1. The van der Waals surface area contributed by atoms with E-state index in [4.69, 9.17) is 14.2 Å². The predicted octanol–water partition coefficient (Wildman–Crippen LogP) is 5.46. The minimum absolute atomic E-state index is 0.00410. The minimum atomic E-state index is -3.24. The van der Waals surface area contributed by atoms with Crippen LogP contribution in [0.25, 0.3) is 0 Å². The number of likely N-dealkylation sites (tertiary alicyclic amines) is 2. The highest BCUT2D eigenvalue weighted by Crippen LogP contribution is 2.34. The van der Waals surface area contributed by atoms with Crippen molar-refractivity contribution in [1.29, 1.82) is 5.26 Å². The SMILES string of the molecule is CCCC(=O)OCN(C(=O)C(NC(=O)[C@H]1CCCCN1C)[C@@H](C)CC)[C@H](C[C@@H](OC(C)=O)c1nc(C(=O)N[C@@H](Cc2ccc(O)cc2)C[C@H](C)C(=O)NNC(=O)OCCSSCC(NC(=O)CCC(=O)NCc2cc(C(=O)N[C@H](C)C(=O)N3CC(F)(F)C[C@H]3C#N)ccn2)C(=O)O)cs1)C(C)C. The molecular formula is C67H93F2N13O17S3. The number of thiazole rings is 1. The number of rotatable bonds is 38. The van der Waals surface area contributed by atoms with Gasteiger partial charge in [0.2, 0.25) is 35.4 Å². The fraction of sp³-hybridized carbons (Fsp3) is 0.597. The van der Waals surface area contributed by atoms with Gasteiger partial charge in [-0.25, -0.2) is 28.8 Å². The number of hydrazine groups is 1. The van der Waals surface area contributed by atoms with E-state index in [1.807, 2.05) is 46.6 Å². The van der Waals surface area contributed by atoms with E-state index in [0.29, 0.717) is 24.8 Å². The number of aromatic hydroxyl groups is 1. The molecule has 0 radical (unpaired) electrons. The van der Waals surface area contributed by atoms with Crippen LogP contribution in [0.2, 0.25) is 0 Å². The van der Waals surface area contributed by atoms with Crippen molar-refractivity contribution in [3.05, 3.63) is 75.5 Å². The van der Waals surface area contributed by atoms with Crippen molar-refractivity contribution >= 4 is 104 Å². The number of pyridine rings is 1. The van der Waals surface area contributed by atoms with Gasteiger partial charge in [0.05, 0.1) is 30.9 Å². The number of nitriles is 1. The number of hydrogen-bond donors (Lipinski definition) is 9. The first-order valence-corrected chi connectivity index (χ1v) is 37.0. The van der Waals surface area contributed by atoms with Gasteiger partial charge in [0.25, 0.3) is 17.7 Å². The topological polar surface area (TPSA) is 416 Å². The summed E-state index contributed by atoms with van der Waals surface area (Å²) in [5.41, 5.74) is 5.33. The van der Waals surface area contributed by atoms with Crippen LogP contribution in [0.3, 0.4) is 0 Å². The third-order valence-electron chi connectivity index (χ3n) is 16.9. The third-order valence-corrected chi connectivity index (χ3v) is 20.3. The smallest absolute Gasteiger partial charge is 0.426 e. The van der Waals surface area contributed by atoms with Crippen molar-refractivity contribution in [2.75, 3.05) is 45.0 Å². The number of aliphatic carboxylic acids is 1. The molecule has 3 aromatic rings. The second kappa shape index (κ2) is 41.4. The molecule has 0 bridgehead atoms. The van der Waals surface area contributed by atoms with Gasteiger partial charge in [-0.05, 0) is 94.3 Å². The van der Waals surface area contributed by atoms with Crippen LogP contribution >= 0.6 is 32.9 Å². The van der Waals surface area contributed by atoms with Crippen LogP contribution in [0.15, 0.2) is 48.0 Å². The summed E-state index contributed by atoms with van der Waals surface area (Å²) >= 11 is 1.03.